The topological polar surface area (TPSA) is 61.7 Å². The summed E-state index contributed by atoms with van der Waals surface area (Å²) in [6.07, 6.45) is 8.75. The average molecular weight is 304 g/mol. The lowest BCUT2D eigenvalue weighted by atomic mass is 10.0. The summed E-state index contributed by atoms with van der Waals surface area (Å²) in [5.41, 5.74) is 3.43. The molecule has 0 saturated carbocycles. The summed E-state index contributed by atoms with van der Waals surface area (Å²) in [6.45, 7) is 2.19. The third-order valence-electron chi connectivity index (χ3n) is 3.55. The summed E-state index contributed by atoms with van der Waals surface area (Å²) in [6, 6.07) is 9.59. The van der Waals surface area contributed by atoms with Crippen molar-refractivity contribution < 1.29 is 9.90 Å². The van der Waals surface area contributed by atoms with Gasteiger partial charge in [0.05, 0.1) is 12.3 Å². The number of nitrogens with one attached hydrogen (secondary N) is 1. The lowest BCUT2D eigenvalue weighted by Crippen LogP contribution is -2.19. The van der Waals surface area contributed by atoms with Crippen LogP contribution in [0.25, 0.3) is 0 Å². The van der Waals surface area contributed by atoms with Gasteiger partial charge in [0.15, 0.2) is 0 Å². The maximum Gasteiger partial charge on any atom is 0.240 e. The minimum absolute atomic E-state index is 0.155. The molecule has 22 heavy (non-hydrogen) atoms. The van der Waals surface area contributed by atoms with Crippen molar-refractivity contribution in [1.82, 2.24) is 5.43 Å². The molecule has 1 aromatic rings. The Balaban J connectivity index is 2.08. The smallest absolute Gasteiger partial charge is 0.240 e. The highest BCUT2D eigenvalue weighted by Gasteiger charge is 2.07. The second kappa shape index (κ2) is 11.9. The first-order valence-corrected chi connectivity index (χ1v) is 8.27. The molecule has 0 fully saturated rings. The summed E-state index contributed by atoms with van der Waals surface area (Å²) in [5, 5.41) is 13.7. The molecule has 0 heterocycles. The minimum atomic E-state index is -0.384. The van der Waals surface area contributed by atoms with Crippen LogP contribution in [0.3, 0.4) is 0 Å². The zero-order chi connectivity index (χ0) is 16.0. The van der Waals surface area contributed by atoms with Gasteiger partial charge in [-0.05, 0) is 18.4 Å². The van der Waals surface area contributed by atoms with Gasteiger partial charge in [-0.25, -0.2) is 5.43 Å². The van der Waals surface area contributed by atoms with Crippen molar-refractivity contribution >= 4 is 12.1 Å². The Morgan fingerprint density at radius 3 is 2.64 bits per heavy atom. The third-order valence-corrected chi connectivity index (χ3v) is 3.55. The number of aliphatic hydroxyl groups excluding tert-OH is 1. The molecule has 0 spiro atoms. The number of hydrogen-bond donors (Lipinski definition) is 2. The normalized spacial score (nSPS) is 12.5. The van der Waals surface area contributed by atoms with Crippen LogP contribution in [-0.2, 0) is 4.79 Å². The summed E-state index contributed by atoms with van der Waals surface area (Å²) in [5.74, 6) is -0.155. The molecule has 122 valence electrons. The van der Waals surface area contributed by atoms with E-state index in [1.807, 2.05) is 30.3 Å². The summed E-state index contributed by atoms with van der Waals surface area (Å²) >= 11 is 0. The predicted octanol–water partition coefficient (Wildman–Crippen LogP) is 3.64. The number of hydrazone groups is 1. The molecule has 0 aliphatic rings. The first-order valence-electron chi connectivity index (χ1n) is 8.27. The van der Waals surface area contributed by atoms with Gasteiger partial charge in [0.2, 0.25) is 5.91 Å². The standard InChI is InChI=1S/C18H28N2O2/c1-2-3-4-5-9-12-17(21)13-14-18(22)20-19-15-16-10-7-6-8-11-16/h6-8,10-11,15,17,21H,2-5,9,12-14H2,1H3,(H,20,22)/b19-15+. The third kappa shape index (κ3) is 9.29. The van der Waals surface area contributed by atoms with Gasteiger partial charge in [-0.3, -0.25) is 4.79 Å². The van der Waals surface area contributed by atoms with Gasteiger partial charge >= 0.3 is 0 Å². The molecule has 0 radical (unpaired) electrons. The highest BCUT2D eigenvalue weighted by Crippen LogP contribution is 2.10. The van der Waals surface area contributed by atoms with Crippen molar-refractivity contribution in [3.63, 3.8) is 0 Å². The molecule has 1 unspecified atom stereocenters. The van der Waals surface area contributed by atoms with E-state index in [1.165, 1.54) is 25.7 Å². The van der Waals surface area contributed by atoms with Crippen LogP contribution < -0.4 is 5.43 Å². The van der Waals surface area contributed by atoms with E-state index in [4.69, 9.17) is 0 Å². The fraction of sp³-hybridized carbons (Fsp3) is 0.556. The maximum absolute atomic E-state index is 11.6. The Morgan fingerprint density at radius 1 is 1.18 bits per heavy atom. The first kappa shape index (κ1) is 18.4. The predicted molar refractivity (Wildman–Crippen MR) is 90.8 cm³/mol. The molecule has 1 aromatic carbocycles. The van der Waals surface area contributed by atoms with Crippen LogP contribution in [0.4, 0.5) is 0 Å². The van der Waals surface area contributed by atoms with Crippen molar-refractivity contribution in [3.05, 3.63) is 35.9 Å². The van der Waals surface area contributed by atoms with E-state index >= 15 is 0 Å². The number of unbranched alkanes of at least 4 members (excludes halogenated alkanes) is 4. The Morgan fingerprint density at radius 2 is 1.91 bits per heavy atom. The van der Waals surface area contributed by atoms with Crippen LogP contribution in [0.5, 0.6) is 0 Å². The fourth-order valence-corrected chi connectivity index (χ4v) is 2.20. The molecule has 4 nitrogen and oxygen atoms in total. The van der Waals surface area contributed by atoms with Crippen LogP contribution in [0.2, 0.25) is 0 Å². The van der Waals surface area contributed by atoms with Crippen LogP contribution in [0, 0.1) is 0 Å². The van der Waals surface area contributed by atoms with Gasteiger partial charge in [0.1, 0.15) is 0 Å². The Bertz CT molecular complexity index is 432. The monoisotopic (exact) mass is 304 g/mol. The number of benzene rings is 1. The molecule has 4 heteroatoms. The van der Waals surface area contributed by atoms with Crippen molar-refractivity contribution in [1.29, 1.82) is 0 Å². The molecule has 1 rings (SSSR count). The minimum Gasteiger partial charge on any atom is -0.393 e. The van der Waals surface area contributed by atoms with Crippen LogP contribution in [-0.4, -0.2) is 23.3 Å². The quantitative estimate of drug-likeness (QED) is 0.372. The molecule has 2 N–H and O–H groups in total. The zero-order valence-corrected chi connectivity index (χ0v) is 13.5. The lowest BCUT2D eigenvalue weighted by molar-refractivity contribution is -0.121. The van der Waals surface area contributed by atoms with E-state index in [0.29, 0.717) is 12.8 Å². The SMILES string of the molecule is CCCCCCCC(O)CCC(=O)N/N=C/c1ccccc1. The average Bonchev–Trinajstić information content (AvgIpc) is 2.54. The number of aliphatic hydroxyl groups is 1. The molecular weight excluding hydrogens is 276 g/mol. The highest BCUT2D eigenvalue weighted by molar-refractivity contribution is 5.82. The number of hydrogen-bond acceptors (Lipinski definition) is 3. The maximum atomic E-state index is 11.6. The van der Waals surface area contributed by atoms with Gasteiger partial charge in [0, 0.05) is 6.42 Å². The molecular formula is C18H28N2O2. The molecule has 0 aliphatic carbocycles. The van der Waals surface area contributed by atoms with Crippen LogP contribution in [0.1, 0.15) is 63.9 Å². The van der Waals surface area contributed by atoms with Gasteiger partial charge in [-0.1, -0.05) is 69.4 Å². The van der Waals surface area contributed by atoms with E-state index in [2.05, 4.69) is 17.5 Å². The largest absolute Gasteiger partial charge is 0.393 e. The summed E-state index contributed by atoms with van der Waals surface area (Å²) in [4.78, 5) is 11.6. The van der Waals surface area contributed by atoms with Gasteiger partial charge in [-0.15, -0.1) is 0 Å². The second-order valence-electron chi connectivity index (χ2n) is 5.60. The van der Waals surface area contributed by atoms with E-state index in [1.54, 1.807) is 6.21 Å². The molecule has 0 bridgehead atoms. The zero-order valence-electron chi connectivity index (χ0n) is 13.5. The van der Waals surface area contributed by atoms with Gasteiger partial charge in [0.25, 0.3) is 0 Å². The Kier molecular flexibility index (Phi) is 9.96. The number of carbonyl (C=O) groups excluding carboxylic acids is 1. The Labute approximate surface area is 133 Å². The Hall–Kier alpha value is -1.68. The molecule has 1 amide bonds. The molecule has 0 saturated heterocycles. The second-order valence-corrected chi connectivity index (χ2v) is 5.60. The fourth-order valence-electron chi connectivity index (χ4n) is 2.20. The van der Waals surface area contributed by atoms with Crippen LogP contribution in [0.15, 0.2) is 35.4 Å². The van der Waals surface area contributed by atoms with Crippen molar-refractivity contribution in [2.24, 2.45) is 5.10 Å². The van der Waals surface area contributed by atoms with Gasteiger partial charge < -0.3 is 5.11 Å². The van der Waals surface area contributed by atoms with Crippen molar-refractivity contribution in [3.8, 4) is 0 Å². The van der Waals surface area contributed by atoms with E-state index in [9.17, 15) is 9.90 Å². The number of rotatable bonds is 11. The lowest BCUT2D eigenvalue weighted by Gasteiger charge is -2.09. The number of amides is 1. The van der Waals surface area contributed by atoms with E-state index in [0.717, 1.165) is 18.4 Å². The van der Waals surface area contributed by atoms with Crippen molar-refractivity contribution in [2.45, 2.75) is 64.4 Å². The number of carbonyl (C=O) groups is 1. The molecule has 1 atom stereocenters. The molecule has 0 aromatic heterocycles. The first-order chi connectivity index (χ1) is 10.7. The summed E-state index contributed by atoms with van der Waals surface area (Å²) < 4.78 is 0. The van der Waals surface area contributed by atoms with Crippen LogP contribution >= 0.6 is 0 Å². The van der Waals surface area contributed by atoms with E-state index < -0.39 is 0 Å². The number of nitrogens with zero attached hydrogens (tertiary/aromatic N) is 1. The molecule has 0 aliphatic heterocycles. The van der Waals surface area contributed by atoms with Crippen molar-refractivity contribution in [2.75, 3.05) is 0 Å². The summed E-state index contributed by atoms with van der Waals surface area (Å²) in [7, 11) is 0. The van der Waals surface area contributed by atoms with Gasteiger partial charge in [-0.2, -0.15) is 5.10 Å². The van der Waals surface area contributed by atoms with E-state index in [-0.39, 0.29) is 12.0 Å². The highest BCUT2D eigenvalue weighted by atomic mass is 16.3.